The van der Waals surface area contributed by atoms with Gasteiger partial charge in [-0.1, -0.05) is 59.6 Å². The van der Waals surface area contributed by atoms with Crippen LogP contribution in [0, 0.1) is 0 Å². The normalized spacial score (nSPS) is 13.6. The van der Waals surface area contributed by atoms with Gasteiger partial charge in [0.15, 0.2) is 11.5 Å². The molecule has 1 N–H and O–H groups in total. The molecular formula is C28H27Cl2N5O2. The van der Waals surface area contributed by atoms with E-state index < -0.39 is 0 Å². The Kier molecular flexibility index (Phi) is 7.63. The molecule has 1 saturated heterocycles. The summed E-state index contributed by atoms with van der Waals surface area (Å²) >= 11 is 12.3. The van der Waals surface area contributed by atoms with E-state index in [1.54, 1.807) is 7.11 Å². The highest BCUT2D eigenvalue weighted by molar-refractivity contribution is 6.42. The molecule has 0 atom stereocenters. The van der Waals surface area contributed by atoms with Gasteiger partial charge in [0.25, 0.3) is 5.91 Å². The van der Waals surface area contributed by atoms with Crippen molar-refractivity contribution in [2.75, 3.05) is 49.6 Å². The molecule has 0 bridgehead atoms. The number of methoxy groups -OCH3 is 1. The first kappa shape index (κ1) is 25.1. The fraction of sp³-hybridized carbons (Fsp3) is 0.250. The van der Waals surface area contributed by atoms with Gasteiger partial charge in [-0.3, -0.25) is 4.79 Å². The van der Waals surface area contributed by atoms with E-state index in [1.165, 1.54) is 0 Å². The van der Waals surface area contributed by atoms with E-state index in [0.29, 0.717) is 28.7 Å². The number of piperazine rings is 1. The van der Waals surface area contributed by atoms with Crippen LogP contribution in [0.2, 0.25) is 10.0 Å². The second-order valence-electron chi connectivity index (χ2n) is 8.84. The van der Waals surface area contributed by atoms with Crippen LogP contribution in [-0.2, 0) is 6.42 Å². The van der Waals surface area contributed by atoms with Crippen molar-refractivity contribution in [3.05, 3.63) is 88.0 Å². The number of halogens is 2. The average molecular weight is 536 g/mol. The number of carbonyl (C=O) groups excluding carboxylic acids is 1. The molecule has 0 radical (unpaired) electrons. The van der Waals surface area contributed by atoms with Crippen molar-refractivity contribution in [1.29, 1.82) is 0 Å². The van der Waals surface area contributed by atoms with Gasteiger partial charge in [-0.2, -0.15) is 0 Å². The molecule has 3 aromatic carbocycles. The average Bonchev–Trinajstić information content (AvgIpc) is 2.94. The summed E-state index contributed by atoms with van der Waals surface area (Å²) in [5.41, 5.74) is 2.50. The molecule has 0 saturated carbocycles. The third-order valence-electron chi connectivity index (χ3n) is 6.59. The number of nitrogens with one attached hydrogen (secondary N) is 1. The van der Waals surface area contributed by atoms with Crippen molar-refractivity contribution in [3.8, 4) is 5.75 Å². The Morgan fingerprint density at radius 3 is 2.30 bits per heavy atom. The Hall–Kier alpha value is -3.55. The number of nitrogens with zero attached hydrogens (tertiary/aromatic N) is 4. The van der Waals surface area contributed by atoms with Crippen molar-refractivity contribution in [2.45, 2.75) is 6.42 Å². The molecule has 1 fully saturated rings. The molecule has 9 heteroatoms. The second kappa shape index (κ2) is 11.2. The SMILES string of the molecule is COc1ccc(CCNC(=O)c2nnc(N3CCN(c4ccc(Cl)c(Cl)c4)CC3)c3ccccc23)cc1. The predicted molar refractivity (Wildman–Crippen MR) is 149 cm³/mol. The fourth-order valence-electron chi connectivity index (χ4n) is 4.55. The number of rotatable bonds is 7. The van der Waals surface area contributed by atoms with Crippen LogP contribution in [0.3, 0.4) is 0 Å². The third-order valence-corrected chi connectivity index (χ3v) is 7.33. The summed E-state index contributed by atoms with van der Waals surface area (Å²) in [6.45, 7) is 3.65. The molecule has 0 spiro atoms. The quantitative estimate of drug-likeness (QED) is 0.348. The van der Waals surface area contributed by atoms with Crippen LogP contribution < -0.4 is 19.9 Å². The standard InChI is InChI=1S/C28H27Cl2N5O2/c1-37-21-9-6-19(7-10-21)12-13-31-28(36)26-22-4-2-3-5-23(22)27(33-32-26)35-16-14-34(15-17-35)20-8-11-24(29)25(30)18-20/h2-11,18H,12-17H2,1H3,(H,31,36). The number of hydrogen-bond donors (Lipinski definition) is 1. The first-order valence-electron chi connectivity index (χ1n) is 12.1. The fourth-order valence-corrected chi connectivity index (χ4v) is 4.84. The van der Waals surface area contributed by atoms with Gasteiger partial charge < -0.3 is 19.9 Å². The molecule has 0 unspecified atom stereocenters. The zero-order valence-corrected chi connectivity index (χ0v) is 22.0. The number of amides is 1. The van der Waals surface area contributed by atoms with Gasteiger partial charge >= 0.3 is 0 Å². The lowest BCUT2D eigenvalue weighted by molar-refractivity contribution is 0.0950. The number of anilines is 2. The first-order chi connectivity index (χ1) is 18.0. The molecule has 1 aliphatic rings. The minimum Gasteiger partial charge on any atom is -0.497 e. The predicted octanol–water partition coefficient (Wildman–Crippen LogP) is 5.24. The second-order valence-corrected chi connectivity index (χ2v) is 9.66. The van der Waals surface area contributed by atoms with E-state index in [-0.39, 0.29) is 5.91 Å². The maximum atomic E-state index is 13.0. The van der Waals surface area contributed by atoms with Gasteiger partial charge in [0.1, 0.15) is 5.75 Å². The lowest BCUT2D eigenvalue weighted by Gasteiger charge is -2.37. The molecule has 5 rings (SSSR count). The molecule has 1 aromatic heterocycles. The molecule has 190 valence electrons. The van der Waals surface area contributed by atoms with E-state index in [2.05, 4.69) is 25.3 Å². The summed E-state index contributed by atoms with van der Waals surface area (Å²) in [6.07, 6.45) is 0.711. The van der Waals surface area contributed by atoms with Gasteiger partial charge in [0, 0.05) is 49.2 Å². The Morgan fingerprint density at radius 1 is 0.892 bits per heavy atom. The van der Waals surface area contributed by atoms with Crippen LogP contribution in [0.15, 0.2) is 66.7 Å². The van der Waals surface area contributed by atoms with E-state index >= 15 is 0 Å². The highest BCUT2D eigenvalue weighted by Gasteiger charge is 2.23. The zero-order valence-electron chi connectivity index (χ0n) is 20.5. The highest BCUT2D eigenvalue weighted by Crippen LogP contribution is 2.30. The monoisotopic (exact) mass is 535 g/mol. The zero-order chi connectivity index (χ0) is 25.8. The highest BCUT2D eigenvalue weighted by atomic mass is 35.5. The van der Waals surface area contributed by atoms with Crippen molar-refractivity contribution >= 4 is 51.4 Å². The van der Waals surface area contributed by atoms with Gasteiger partial charge in [0.05, 0.1) is 17.2 Å². The van der Waals surface area contributed by atoms with Gasteiger partial charge in [-0.15, -0.1) is 10.2 Å². The molecule has 0 aliphatic carbocycles. The lowest BCUT2D eigenvalue weighted by atomic mass is 10.1. The van der Waals surface area contributed by atoms with Crippen molar-refractivity contribution in [2.24, 2.45) is 0 Å². The molecule has 4 aromatic rings. The van der Waals surface area contributed by atoms with E-state index in [0.717, 1.165) is 59.8 Å². The number of hydrogen-bond acceptors (Lipinski definition) is 6. The molecule has 1 aliphatic heterocycles. The largest absolute Gasteiger partial charge is 0.497 e. The lowest BCUT2D eigenvalue weighted by Crippen LogP contribution is -2.47. The van der Waals surface area contributed by atoms with Crippen LogP contribution >= 0.6 is 23.2 Å². The molecule has 7 nitrogen and oxygen atoms in total. The summed E-state index contributed by atoms with van der Waals surface area (Å²) in [7, 11) is 1.64. The number of fused-ring (bicyclic) bond motifs is 1. The minimum atomic E-state index is -0.229. The van der Waals surface area contributed by atoms with Crippen LogP contribution in [0.25, 0.3) is 10.8 Å². The van der Waals surface area contributed by atoms with Gasteiger partial charge in [-0.05, 0) is 42.3 Å². The topological polar surface area (TPSA) is 70.6 Å². The Morgan fingerprint density at radius 2 is 1.59 bits per heavy atom. The summed E-state index contributed by atoms with van der Waals surface area (Å²) in [6, 6.07) is 21.3. The Bertz CT molecular complexity index is 1410. The number of carbonyl (C=O) groups is 1. The maximum Gasteiger partial charge on any atom is 0.272 e. The van der Waals surface area contributed by atoms with Crippen LogP contribution in [0.1, 0.15) is 16.1 Å². The first-order valence-corrected chi connectivity index (χ1v) is 12.9. The van der Waals surface area contributed by atoms with E-state index in [4.69, 9.17) is 27.9 Å². The van der Waals surface area contributed by atoms with Crippen molar-refractivity contribution in [3.63, 3.8) is 0 Å². The number of aromatic nitrogens is 2. The van der Waals surface area contributed by atoms with Crippen LogP contribution in [0.4, 0.5) is 11.5 Å². The Balaban J connectivity index is 1.27. The van der Waals surface area contributed by atoms with Crippen LogP contribution in [0.5, 0.6) is 5.75 Å². The maximum absolute atomic E-state index is 13.0. The summed E-state index contributed by atoms with van der Waals surface area (Å²) in [4.78, 5) is 17.5. The van der Waals surface area contributed by atoms with Gasteiger partial charge in [0.2, 0.25) is 0 Å². The molecule has 37 heavy (non-hydrogen) atoms. The number of ether oxygens (including phenoxy) is 1. The van der Waals surface area contributed by atoms with Crippen molar-refractivity contribution < 1.29 is 9.53 Å². The van der Waals surface area contributed by atoms with Gasteiger partial charge in [-0.25, -0.2) is 0 Å². The van der Waals surface area contributed by atoms with Crippen molar-refractivity contribution in [1.82, 2.24) is 15.5 Å². The van der Waals surface area contributed by atoms with E-state index in [1.807, 2.05) is 66.7 Å². The molecular weight excluding hydrogens is 509 g/mol. The molecule has 2 heterocycles. The van der Waals surface area contributed by atoms with E-state index in [9.17, 15) is 4.79 Å². The minimum absolute atomic E-state index is 0.229. The summed E-state index contributed by atoms with van der Waals surface area (Å²) in [5.74, 6) is 1.37. The third kappa shape index (κ3) is 5.58. The molecule has 1 amide bonds. The smallest absolute Gasteiger partial charge is 0.272 e. The summed E-state index contributed by atoms with van der Waals surface area (Å²) in [5, 5.41) is 14.7. The van der Waals surface area contributed by atoms with Crippen LogP contribution in [-0.4, -0.2) is 55.9 Å². The summed E-state index contributed by atoms with van der Waals surface area (Å²) < 4.78 is 5.20. The Labute approximate surface area is 225 Å². The number of benzene rings is 3.